The number of nitrogens with one attached hydrogen (secondary N) is 1. The number of aromatic amines is 1. The molecule has 2 aliphatic rings. The van der Waals surface area contributed by atoms with Crippen molar-refractivity contribution in [2.75, 3.05) is 7.11 Å². The fraction of sp³-hybridized carbons (Fsp3) is 0.321. The molecule has 168 valence electrons. The molecule has 1 saturated carbocycles. The van der Waals surface area contributed by atoms with Gasteiger partial charge in [0.1, 0.15) is 5.78 Å². The van der Waals surface area contributed by atoms with Crippen molar-refractivity contribution in [2.24, 2.45) is 16.3 Å². The Kier molecular flexibility index (Phi) is 5.08. The number of ketones is 1. The van der Waals surface area contributed by atoms with Gasteiger partial charge < -0.3 is 9.72 Å². The summed E-state index contributed by atoms with van der Waals surface area (Å²) < 4.78 is 5.14. The summed E-state index contributed by atoms with van der Waals surface area (Å²) in [7, 11) is 1.38. The Hall–Kier alpha value is -3.47. The fourth-order valence-electron chi connectivity index (χ4n) is 5.47. The second-order valence-corrected chi connectivity index (χ2v) is 9.94. The molecule has 1 aromatic heterocycles. The van der Waals surface area contributed by atoms with Crippen molar-refractivity contribution < 1.29 is 14.3 Å². The molecule has 0 spiro atoms. The summed E-state index contributed by atoms with van der Waals surface area (Å²) in [5.74, 6) is -1.11. The molecule has 1 aliphatic heterocycles. The molecule has 0 amide bonds. The third-order valence-electron chi connectivity index (χ3n) is 6.90. The van der Waals surface area contributed by atoms with Crippen molar-refractivity contribution in [3.63, 3.8) is 0 Å². The molecule has 2 aromatic carbocycles. The average molecular weight is 441 g/mol. The zero-order valence-electron chi connectivity index (χ0n) is 19.4. The van der Waals surface area contributed by atoms with Crippen molar-refractivity contribution in [1.82, 2.24) is 4.98 Å². The van der Waals surface area contributed by atoms with Gasteiger partial charge in [0, 0.05) is 35.5 Å². The maximum atomic E-state index is 13.4. The minimum atomic E-state index is -0.432. The lowest BCUT2D eigenvalue weighted by Gasteiger charge is -2.41. The van der Waals surface area contributed by atoms with Crippen LogP contribution >= 0.6 is 0 Å². The highest BCUT2D eigenvalue weighted by molar-refractivity contribution is 6.12. The van der Waals surface area contributed by atoms with Crippen molar-refractivity contribution in [3.05, 3.63) is 71.6 Å². The number of aromatic nitrogens is 1. The molecule has 33 heavy (non-hydrogen) atoms. The highest BCUT2D eigenvalue weighted by Crippen LogP contribution is 2.47. The van der Waals surface area contributed by atoms with Crippen molar-refractivity contribution in [1.29, 1.82) is 0 Å². The Bertz CT molecular complexity index is 1340. The summed E-state index contributed by atoms with van der Waals surface area (Å²) in [4.78, 5) is 34.3. The Morgan fingerprint density at radius 2 is 1.85 bits per heavy atom. The monoisotopic (exact) mass is 440 g/mol. The van der Waals surface area contributed by atoms with Crippen LogP contribution in [0.4, 0.5) is 0 Å². The highest BCUT2D eigenvalue weighted by Gasteiger charge is 2.47. The van der Waals surface area contributed by atoms with Gasteiger partial charge in [-0.1, -0.05) is 44.2 Å². The van der Waals surface area contributed by atoms with Crippen LogP contribution in [0.1, 0.15) is 45.1 Å². The Morgan fingerprint density at radius 1 is 1.06 bits per heavy atom. The number of H-pyrrole nitrogens is 1. The number of carbonyl (C=O) groups excluding carboxylic acids is 2. The summed E-state index contributed by atoms with van der Waals surface area (Å²) in [6.07, 6.45) is 3.15. The smallest absolute Gasteiger partial charge is 0.336 e. The van der Waals surface area contributed by atoms with Gasteiger partial charge in [0.15, 0.2) is 0 Å². The third kappa shape index (κ3) is 3.71. The van der Waals surface area contributed by atoms with Crippen LogP contribution in [-0.4, -0.2) is 29.6 Å². The summed E-state index contributed by atoms with van der Waals surface area (Å²) in [5.41, 5.74) is 6.03. The lowest BCUT2D eigenvalue weighted by molar-refractivity contribution is -0.136. The van der Waals surface area contributed by atoms with Gasteiger partial charge in [-0.15, -0.1) is 0 Å². The van der Waals surface area contributed by atoms with Gasteiger partial charge in [0.25, 0.3) is 0 Å². The van der Waals surface area contributed by atoms with Crippen molar-refractivity contribution in [2.45, 2.75) is 39.5 Å². The van der Waals surface area contributed by atoms with Crippen LogP contribution in [-0.2, 0) is 14.3 Å². The number of aliphatic imine (C=N–C) groups is 1. The van der Waals surface area contributed by atoms with E-state index in [1.54, 1.807) is 0 Å². The van der Waals surface area contributed by atoms with Crippen LogP contribution in [0, 0.1) is 11.3 Å². The average Bonchev–Trinajstić information content (AvgIpc) is 3.25. The first-order valence-corrected chi connectivity index (χ1v) is 11.3. The van der Waals surface area contributed by atoms with E-state index in [0.29, 0.717) is 17.7 Å². The lowest BCUT2D eigenvalue weighted by Crippen LogP contribution is -2.44. The number of nitrogens with zero attached hydrogens (tertiary/aromatic N) is 1. The molecular formula is C28H28N2O3. The molecule has 1 aliphatic carbocycles. The van der Waals surface area contributed by atoms with E-state index in [9.17, 15) is 9.59 Å². The summed E-state index contributed by atoms with van der Waals surface area (Å²) >= 11 is 0. The molecule has 5 rings (SSSR count). The lowest BCUT2D eigenvalue weighted by atomic mass is 9.63. The quantitative estimate of drug-likeness (QED) is 0.521. The predicted octanol–water partition coefficient (Wildman–Crippen LogP) is 5.83. The number of fused-ring (bicyclic) bond motifs is 2. The SMILES string of the molecule is COC(=O)C1=C(C)N=C2CC(C)(C)CC(=O)C2C1c1cccc(-c2ccc3[nH]ccc3c2)c1. The molecule has 2 heterocycles. The van der Waals surface area contributed by atoms with Crippen molar-refractivity contribution in [3.8, 4) is 11.1 Å². The molecule has 1 N–H and O–H groups in total. The van der Waals surface area contributed by atoms with E-state index in [4.69, 9.17) is 9.73 Å². The van der Waals surface area contributed by atoms with Crippen LogP contribution < -0.4 is 0 Å². The number of hydrogen-bond acceptors (Lipinski definition) is 4. The first-order valence-electron chi connectivity index (χ1n) is 11.3. The number of ether oxygens (including phenoxy) is 1. The largest absolute Gasteiger partial charge is 0.466 e. The molecule has 0 bridgehead atoms. The van der Waals surface area contributed by atoms with E-state index in [0.717, 1.165) is 39.7 Å². The molecule has 5 heteroatoms. The Labute approximate surface area is 193 Å². The summed E-state index contributed by atoms with van der Waals surface area (Å²) in [5, 5.41) is 1.14. The molecule has 3 aromatic rings. The van der Waals surface area contributed by atoms with Gasteiger partial charge in [-0.3, -0.25) is 9.79 Å². The predicted molar refractivity (Wildman–Crippen MR) is 130 cm³/mol. The van der Waals surface area contributed by atoms with Gasteiger partial charge in [-0.05, 0) is 59.0 Å². The van der Waals surface area contributed by atoms with Gasteiger partial charge in [-0.2, -0.15) is 0 Å². The van der Waals surface area contributed by atoms with Crippen LogP contribution in [0.15, 0.2) is 71.0 Å². The van der Waals surface area contributed by atoms with Gasteiger partial charge in [-0.25, -0.2) is 4.79 Å². The zero-order valence-corrected chi connectivity index (χ0v) is 19.4. The Morgan fingerprint density at radius 3 is 2.64 bits per heavy atom. The fourth-order valence-corrected chi connectivity index (χ4v) is 5.47. The van der Waals surface area contributed by atoms with E-state index in [2.05, 4.69) is 55.2 Å². The van der Waals surface area contributed by atoms with Gasteiger partial charge in [0.2, 0.25) is 0 Å². The van der Waals surface area contributed by atoms with E-state index in [-0.39, 0.29) is 11.2 Å². The van der Waals surface area contributed by atoms with Crippen LogP contribution in [0.2, 0.25) is 0 Å². The maximum absolute atomic E-state index is 13.4. The number of hydrogen-bond donors (Lipinski definition) is 1. The number of rotatable bonds is 3. The van der Waals surface area contributed by atoms with E-state index in [1.807, 2.05) is 25.3 Å². The van der Waals surface area contributed by atoms with E-state index >= 15 is 0 Å². The number of carbonyl (C=O) groups is 2. The third-order valence-corrected chi connectivity index (χ3v) is 6.90. The molecule has 0 radical (unpaired) electrons. The van der Waals surface area contributed by atoms with E-state index < -0.39 is 17.8 Å². The molecule has 5 nitrogen and oxygen atoms in total. The normalized spacial score (nSPS) is 22.2. The molecular weight excluding hydrogens is 412 g/mol. The Balaban J connectivity index is 1.64. The number of allylic oxidation sites excluding steroid dienone is 1. The number of Topliss-reactive ketones (excluding diaryl/α,β-unsaturated/α-hetero) is 1. The minimum Gasteiger partial charge on any atom is -0.466 e. The molecule has 2 unspecified atom stereocenters. The number of methoxy groups -OCH3 is 1. The van der Waals surface area contributed by atoms with E-state index in [1.165, 1.54) is 7.11 Å². The highest BCUT2D eigenvalue weighted by atomic mass is 16.5. The summed E-state index contributed by atoms with van der Waals surface area (Å²) in [6, 6.07) is 16.5. The zero-order chi connectivity index (χ0) is 23.3. The second kappa shape index (κ2) is 7.84. The summed E-state index contributed by atoms with van der Waals surface area (Å²) in [6.45, 7) is 6.05. The van der Waals surface area contributed by atoms with Crippen LogP contribution in [0.3, 0.4) is 0 Å². The number of esters is 1. The molecule has 1 fully saturated rings. The molecule has 2 atom stereocenters. The van der Waals surface area contributed by atoms with Crippen LogP contribution in [0.25, 0.3) is 22.0 Å². The molecule has 0 saturated heterocycles. The van der Waals surface area contributed by atoms with Crippen molar-refractivity contribution >= 4 is 28.4 Å². The standard InChI is InChI=1S/C28H28N2O3/c1-16-24(27(32)33-4)25(26-22(30-16)14-28(2,3)15-23(26)31)20-7-5-6-17(13-20)18-8-9-21-19(12-18)10-11-29-21/h5-13,25-26,29H,14-15H2,1-4H3. The topological polar surface area (TPSA) is 71.5 Å². The van der Waals surface area contributed by atoms with Crippen LogP contribution in [0.5, 0.6) is 0 Å². The first kappa shape index (κ1) is 21.4. The second-order valence-electron chi connectivity index (χ2n) is 9.94. The van der Waals surface area contributed by atoms with Gasteiger partial charge in [0.05, 0.1) is 18.6 Å². The van der Waals surface area contributed by atoms with Gasteiger partial charge >= 0.3 is 5.97 Å². The maximum Gasteiger partial charge on any atom is 0.336 e. The number of benzene rings is 2. The minimum absolute atomic E-state index is 0.131. The first-order chi connectivity index (χ1) is 15.8.